The Kier molecular flexibility index (Phi) is 4.84. The first-order valence-electron chi connectivity index (χ1n) is 9.36. The molecule has 0 saturated carbocycles. The zero-order valence-electron chi connectivity index (χ0n) is 15.7. The zero-order valence-corrected chi connectivity index (χ0v) is 15.7. The van der Waals surface area contributed by atoms with E-state index in [1.54, 1.807) is 4.80 Å². The molecule has 0 aliphatic heterocycles. The molecule has 27 heavy (non-hydrogen) atoms. The smallest absolute Gasteiger partial charge is 0.121 e. The Balaban J connectivity index is 1.68. The summed E-state index contributed by atoms with van der Waals surface area (Å²) in [5, 5.41) is 9.53. The van der Waals surface area contributed by atoms with E-state index >= 15 is 0 Å². The molecule has 0 radical (unpaired) electrons. The summed E-state index contributed by atoms with van der Waals surface area (Å²) in [4.78, 5) is 1.80. The highest BCUT2D eigenvalue weighted by molar-refractivity contribution is 5.77. The topological polar surface area (TPSA) is 30.7 Å². The van der Waals surface area contributed by atoms with E-state index in [1.165, 1.54) is 11.1 Å². The minimum Gasteiger partial charge on any atom is -0.181 e. The van der Waals surface area contributed by atoms with Crippen molar-refractivity contribution in [3.63, 3.8) is 0 Å². The van der Waals surface area contributed by atoms with Crippen molar-refractivity contribution in [2.45, 2.75) is 26.3 Å². The maximum atomic E-state index is 4.78. The van der Waals surface area contributed by atoms with Gasteiger partial charge in [-0.25, -0.2) is 0 Å². The number of benzene rings is 3. The van der Waals surface area contributed by atoms with Gasteiger partial charge in [-0.05, 0) is 31.4 Å². The molecule has 4 rings (SSSR count). The first-order valence-corrected chi connectivity index (χ1v) is 9.36. The fourth-order valence-corrected chi connectivity index (χ4v) is 3.15. The molecular formula is C24H23N3. The van der Waals surface area contributed by atoms with Gasteiger partial charge in [-0.1, -0.05) is 84.9 Å². The molecule has 0 fully saturated rings. The summed E-state index contributed by atoms with van der Waals surface area (Å²) in [6.07, 6.45) is 0.936. The third-order valence-electron chi connectivity index (χ3n) is 4.62. The largest absolute Gasteiger partial charge is 0.181 e. The van der Waals surface area contributed by atoms with E-state index in [1.807, 2.05) is 18.2 Å². The third kappa shape index (κ3) is 3.82. The number of aromatic nitrogens is 3. The van der Waals surface area contributed by atoms with Gasteiger partial charge in [-0.15, -0.1) is 0 Å². The van der Waals surface area contributed by atoms with Crippen LogP contribution in [0.4, 0.5) is 0 Å². The number of rotatable bonds is 5. The summed E-state index contributed by atoms with van der Waals surface area (Å²) in [6.45, 7) is 4.20. The molecule has 134 valence electrons. The van der Waals surface area contributed by atoms with Gasteiger partial charge in [0.2, 0.25) is 0 Å². The van der Waals surface area contributed by atoms with Crippen LogP contribution in [0.2, 0.25) is 0 Å². The Bertz CT molecular complexity index is 1000. The van der Waals surface area contributed by atoms with Crippen LogP contribution in [-0.2, 0) is 6.42 Å². The van der Waals surface area contributed by atoms with E-state index in [0.717, 1.165) is 28.9 Å². The molecule has 0 aliphatic rings. The molecule has 0 bridgehead atoms. The third-order valence-corrected chi connectivity index (χ3v) is 4.62. The number of nitrogens with zero attached hydrogens (tertiary/aromatic N) is 3. The molecule has 3 aromatic carbocycles. The molecule has 1 heterocycles. The lowest BCUT2D eigenvalue weighted by molar-refractivity contribution is 0.468. The van der Waals surface area contributed by atoms with E-state index in [0.29, 0.717) is 0 Å². The monoisotopic (exact) mass is 353 g/mol. The Morgan fingerprint density at radius 1 is 0.630 bits per heavy atom. The Labute approximate surface area is 160 Å². The number of hydrogen-bond acceptors (Lipinski definition) is 2. The van der Waals surface area contributed by atoms with E-state index < -0.39 is 0 Å². The predicted molar refractivity (Wildman–Crippen MR) is 111 cm³/mol. The molecule has 0 saturated heterocycles. The lowest BCUT2D eigenvalue weighted by Crippen LogP contribution is -2.04. The van der Waals surface area contributed by atoms with Crippen LogP contribution in [-0.4, -0.2) is 15.0 Å². The molecule has 1 aromatic heterocycles. The van der Waals surface area contributed by atoms with Gasteiger partial charge in [-0.3, -0.25) is 0 Å². The Morgan fingerprint density at radius 3 is 1.67 bits per heavy atom. The summed E-state index contributed by atoms with van der Waals surface area (Å²) in [5.74, 6) is 0. The first kappa shape index (κ1) is 17.2. The van der Waals surface area contributed by atoms with Crippen LogP contribution in [0.3, 0.4) is 0 Å². The van der Waals surface area contributed by atoms with Crippen molar-refractivity contribution in [2.75, 3.05) is 0 Å². The second-order valence-electron chi connectivity index (χ2n) is 7.04. The van der Waals surface area contributed by atoms with Crippen molar-refractivity contribution in [3.8, 4) is 22.5 Å². The van der Waals surface area contributed by atoms with Crippen molar-refractivity contribution in [2.24, 2.45) is 0 Å². The molecule has 4 aromatic rings. The van der Waals surface area contributed by atoms with Crippen LogP contribution in [0, 0.1) is 0 Å². The number of hydrogen-bond donors (Lipinski definition) is 0. The highest BCUT2D eigenvalue weighted by Gasteiger charge is 2.16. The first-order chi connectivity index (χ1) is 13.2. The molecule has 0 aliphatic carbocycles. The fourth-order valence-electron chi connectivity index (χ4n) is 3.15. The van der Waals surface area contributed by atoms with Crippen molar-refractivity contribution in [1.29, 1.82) is 0 Å². The summed E-state index contributed by atoms with van der Waals surface area (Å²) >= 11 is 0. The summed E-state index contributed by atoms with van der Waals surface area (Å²) in [7, 11) is 0. The molecule has 0 atom stereocenters. The van der Waals surface area contributed by atoms with E-state index in [-0.39, 0.29) is 6.04 Å². The predicted octanol–water partition coefficient (Wildman–Crippen LogP) is 5.78. The maximum Gasteiger partial charge on any atom is 0.121 e. The normalized spacial score (nSPS) is 11.1. The second-order valence-corrected chi connectivity index (χ2v) is 7.04. The van der Waals surface area contributed by atoms with Gasteiger partial charge in [-0.2, -0.15) is 15.0 Å². The van der Waals surface area contributed by atoms with Gasteiger partial charge >= 0.3 is 0 Å². The van der Waals surface area contributed by atoms with Crippen LogP contribution >= 0.6 is 0 Å². The van der Waals surface area contributed by atoms with Crippen molar-refractivity contribution in [3.05, 3.63) is 96.1 Å². The minimum absolute atomic E-state index is 0.221. The second kappa shape index (κ2) is 7.58. The lowest BCUT2D eigenvalue weighted by atomic mass is 10.0. The van der Waals surface area contributed by atoms with Crippen LogP contribution in [0.1, 0.15) is 31.0 Å². The van der Waals surface area contributed by atoms with Crippen LogP contribution in [0.5, 0.6) is 0 Å². The van der Waals surface area contributed by atoms with Crippen LogP contribution in [0.15, 0.2) is 84.9 Å². The highest BCUT2D eigenvalue weighted by atomic mass is 15.5. The molecular weight excluding hydrogens is 330 g/mol. The average molecular weight is 353 g/mol. The lowest BCUT2D eigenvalue weighted by Gasteiger charge is -2.05. The molecule has 0 spiro atoms. The molecule has 0 unspecified atom stereocenters. The Hall–Kier alpha value is -3.20. The summed E-state index contributed by atoms with van der Waals surface area (Å²) in [6, 6.07) is 29.7. The van der Waals surface area contributed by atoms with Gasteiger partial charge in [0.1, 0.15) is 11.4 Å². The van der Waals surface area contributed by atoms with Crippen molar-refractivity contribution >= 4 is 0 Å². The van der Waals surface area contributed by atoms with Gasteiger partial charge in [0.05, 0.1) is 6.04 Å². The van der Waals surface area contributed by atoms with E-state index in [9.17, 15) is 0 Å². The molecule has 3 nitrogen and oxygen atoms in total. The van der Waals surface area contributed by atoms with Gasteiger partial charge < -0.3 is 0 Å². The SMILES string of the molecule is CC(C)n1nc(-c2ccccc2)c(-c2ccc(Cc3ccccc3)cc2)n1. The minimum atomic E-state index is 0.221. The quantitative estimate of drug-likeness (QED) is 0.455. The van der Waals surface area contributed by atoms with Crippen LogP contribution in [0.25, 0.3) is 22.5 Å². The molecule has 3 heteroatoms. The standard InChI is InChI=1S/C24H23N3/c1-18(2)27-25-23(21-11-7-4-8-12-21)24(26-27)22-15-13-20(14-16-22)17-19-9-5-3-6-10-19/h3-16,18H,17H2,1-2H3. The molecule has 0 N–H and O–H groups in total. The van der Waals surface area contributed by atoms with Gasteiger partial charge in [0, 0.05) is 11.1 Å². The van der Waals surface area contributed by atoms with E-state index in [2.05, 4.69) is 80.6 Å². The van der Waals surface area contributed by atoms with Gasteiger partial charge in [0.15, 0.2) is 0 Å². The van der Waals surface area contributed by atoms with Crippen LogP contribution < -0.4 is 0 Å². The van der Waals surface area contributed by atoms with Gasteiger partial charge in [0.25, 0.3) is 0 Å². The average Bonchev–Trinajstić information content (AvgIpc) is 3.16. The molecule has 0 amide bonds. The highest BCUT2D eigenvalue weighted by Crippen LogP contribution is 2.30. The zero-order chi connectivity index (χ0) is 18.6. The summed E-state index contributed by atoms with van der Waals surface area (Å²) < 4.78 is 0. The maximum absolute atomic E-state index is 4.78. The Morgan fingerprint density at radius 2 is 1.11 bits per heavy atom. The van der Waals surface area contributed by atoms with Crippen molar-refractivity contribution < 1.29 is 0 Å². The fraction of sp³-hybridized carbons (Fsp3) is 0.167. The van der Waals surface area contributed by atoms with Crippen molar-refractivity contribution in [1.82, 2.24) is 15.0 Å². The summed E-state index contributed by atoms with van der Waals surface area (Å²) in [5.41, 5.74) is 6.66. The van der Waals surface area contributed by atoms with E-state index in [4.69, 9.17) is 10.2 Å².